The number of benzene rings is 2. The van der Waals surface area contributed by atoms with E-state index in [0.29, 0.717) is 24.2 Å². The molecule has 0 bridgehead atoms. The molecule has 2 aliphatic rings. The second kappa shape index (κ2) is 9.25. The van der Waals surface area contributed by atoms with E-state index in [0.717, 1.165) is 31.4 Å². The Morgan fingerprint density at radius 1 is 1.00 bits per heavy atom. The predicted octanol–water partition coefficient (Wildman–Crippen LogP) is 7.17. The molecule has 0 fully saturated rings. The third-order valence-corrected chi connectivity index (χ3v) is 5.86. The summed E-state index contributed by atoms with van der Waals surface area (Å²) in [7, 11) is 0. The molecule has 0 aliphatic carbocycles. The Morgan fingerprint density at radius 2 is 1.81 bits per heavy atom. The molecule has 166 valence electrons. The largest absolute Gasteiger partial charge is 0.498 e. The normalized spacial score (nSPS) is 17.2. The van der Waals surface area contributed by atoms with Crippen molar-refractivity contribution in [3.63, 3.8) is 0 Å². The summed E-state index contributed by atoms with van der Waals surface area (Å²) in [4.78, 5) is 0. The first-order valence-electron chi connectivity index (χ1n) is 11.0. The van der Waals surface area contributed by atoms with Crippen molar-refractivity contribution >= 4 is 0 Å². The lowest BCUT2D eigenvalue weighted by molar-refractivity contribution is 0.163. The lowest BCUT2D eigenvalue weighted by Gasteiger charge is -2.27. The lowest BCUT2D eigenvalue weighted by atomic mass is 9.89. The fourth-order valence-electron chi connectivity index (χ4n) is 4.17. The fourth-order valence-corrected chi connectivity index (χ4v) is 4.17. The molecule has 0 N–H and O–H groups in total. The van der Waals surface area contributed by atoms with E-state index in [1.54, 1.807) is 19.1 Å². The van der Waals surface area contributed by atoms with Gasteiger partial charge >= 0.3 is 0 Å². The van der Waals surface area contributed by atoms with Crippen LogP contribution >= 0.6 is 0 Å². The Morgan fingerprint density at radius 3 is 2.52 bits per heavy atom. The van der Waals surface area contributed by atoms with Crippen molar-refractivity contribution in [3.8, 4) is 17.2 Å². The molecule has 31 heavy (non-hydrogen) atoms. The van der Waals surface area contributed by atoms with E-state index in [2.05, 4.69) is 6.92 Å². The zero-order valence-corrected chi connectivity index (χ0v) is 17.9. The first kappa shape index (κ1) is 21.6. The second-order valence-corrected chi connectivity index (χ2v) is 8.03. The van der Waals surface area contributed by atoms with E-state index >= 15 is 0 Å². The molecular weight excluding hydrogens is 405 g/mol. The van der Waals surface area contributed by atoms with Crippen LogP contribution in [0.2, 0.25) is 0 Å². The maximum absolute atomic E-state index is 14.9. The number of hydrogen-bond donors (Lipinski definition) is 0. The lowest BCUT2D eigenvalue weighted by Crippen LogP contribution is -2.17. The molecule has 0 saturated carbocycles. The summed E-state index contributed by atoms with van der Waals surface area (Å²) in [6.45, 7) is 4.49. The summed E-state index contributed by atoms with van der Waals surface area (Å²) in [5.41, 5.74) is 1.35. The van der Waals surface area contributed by atoms with Crippen LogP contribution in [0.3, 0.4) is 0 Å². The summed E-state index contributed by atoms with van der Waals surface area (Å²) in [6, 6.07) is 4.87. The number of hydrogen-bond acceptors (Lipinski definition) is 3. The van der Waals surface area contributed by atoms with Gasteiger partial charge in [-0.2, -0.15) is 8.78 Å². The van der Waals surface area contributed by atoms with Crippen molar-refractivity contribution in [3.05, 3.63) is 64.2 Å². The van der Waals surface area contributed by atoms with Gasteiger partial charge in [0.15, 0.2) is 23.1 Å². The molecule has 4 rings (SSSR count). The quantitative estimate of drug-likeness (QED) is 0.371. The smallest absolute Gasteiger partial charge is 0.207 e. The molecule has 1 atom stereocenters. The van der Waals surface area contributed by atoms with Gasteiger partial charge in [0.05, 0.1) is 19.0 Å². The highest BCUT2D eigenvalue weighted by atomic mass is 19.2. The molecule has 3 nitrogen and oxygen atoms in total. The maximum Gasteiger partial charge on any atom is 0.207 e. The van der Waals surface area contributed by atoms with Gasteiger partial charge in [0.25, 0.3) is 0 Å². The van der Waals surface area contributed by atoms with Crippen LogP contribution < -0.4 is 9.47 Å². The molecule has 2 aromatic rings. The standard InChI is InChI=1S/C25H27F3O3/c1-3-5-6-7-18-10-8-16(14-30-18)19-13-17-12-15-9-11-20(29-4-2)22(27)24(15)31-25(17)23(28)21(19)26/h9-11,13,16H,3-8,12,14H2,1-2H3. The van der Waals surface area contributed by atoms with Gasteiger partial charge in [-0.05, 0) is 43.5 Å². The van der Waals surface area contributed by atoms with Crippen LogP contribution in [0.15, 0.2) is 30.0 Å². The summed E-state index contributed by atoms with van der Waals surface area (Å²) >= 11 is 0. The van der Waals surface area contributed by atoms with Crippen LogP contribution in [0.1, 0.15) is 68.6 Å². The third-order valence-electron chi connectivity index (χ3n) is 5.86. The molecular formula is C25H27F3O3. The molecule has 6 heteroatoms. The van der Waals surface area contributed by atoms with E-state index in [4.69, 9.17) is 14.2 Å². The van der Waals surface area contributed by atoms with Crippen LogP contribution in [0.5, 0.6) is 17.2 Å². The van der Waals surface area contributed by atoms with Gasteiger partial charge in [-0.15, -0.1) is 0 Å². The zero-order valence-electron chi connectivity index (χ0n) is 17.9. The highest BCUT2D eigenvalue weighted by Crippen LogP contribution is 2.45. The summed E-state index contributed by atoms with van der Waals surface area (Å²) in [5, 5.41) is 0. The van der Waals surface area contributed by atoms with Crippen LogP contribution in [0.4, 0.5) is 13.2 Å². The molecule has 0 saturated heterocycles. The Labute approximate surface area is 180 Å². The van der Waals surface area contributed by atoms with E-state index in [-0.39, 0.29) is 41.8 Å². The van der Waals surface area contributed by atoms with Crippen LogP contribution in [0, 0.1) is 17.5 Å². The van der Waals surface area contributed by atoms with Gasteiger partial charge in [-0.1, -0.05) is 25.8 Å². The minimum absolute atomic E-state index is 0.0306. The van der Waals surface area contributed by atoms with Crippen molar-refractivity contribution in [2.45, 2.75) is 58.3 Å². The van der Waals surface area contributed by atoms with Gasteiger partial charge in [0.2, 0.25) is 11.6 Å². The fraction of sp³-hybridized carbons (Fsp3) is 0.440. The Bertz CT molecular complexity index is 1000. The van der Waals surface area contributed by atoms with Gasteiger partial charge in [0.1, 0.15) is 0 Å². The molecule has 1 unspecified atom stereocenters. The minimum atomic E-state index is -1.09. The second-order valence-electron chi connectivity index (χ2n) is 8.03. The number of fused-ring (bicyclic) bond motifs is 2. The average molecular weight is 432 g/mol. The van der Waals surface area contributed by atoms with Gasteiger partial charge in [0, 0.05) is 29.9 Å². The Kier molecular flexibility index (Phi) is 6.44. The van der Waals surface area contributed by atoms with Crippen molar-refractivity contribution in [2.75, 3.05) is 13.2 Å². The molecule has 2 aromatic carbocycles. The summed E-state index contributed by atoms with van der Waals surface area (Å²) in [6.07, 6.45) is 7.05. The van der Waals surface area contributed by atoms with Crippen molar-refractivity contribution in [1.82, 2.24) is 0 Å². The highest BCUT2D eigenvalue weighted by molar-refractivity contribution is 5.55. The first-order valence-corrected chi connectivity index (χ1v) is 11.0. The van der Waals surface area contributed by atoms with Gasteiger partial charge in [-0.3, -0.25) is 0 Å². The van der Waals surface area contributed by atoms with Gasteiger partial charge < -0.3 is 14.2 Å². The average Bonchev–Trinajstić information content (AvgIpc) is 2.78. The molecule has 0 amide bonds. The minimum Gasteiger partial charge on any atom is -0.498 e. The van der Waals surface area contributed by atoms with E-state index < -0.39 is 17.5 Å². The third kappa shape index (κ3) is 4.25. The van der Waals surface area contributed by atoms with E-state index in [9.17, 15) is 13.2 Å². The molecule has 2 aliphatic heterocycles. The predicted molar refractivity (Wildman–Crippen MR) is 112 cm³/mol. The first-order chi connectivity index (χ1) is 15.0. The number of allylic oxidation sites excluding steroid dienone is 2. The maximum atomic E-state index is 14.9. The molecule has 0 spiro atoms. The van der Waals surface area contributed by atoms with Gasteiger partial charge in [-0.25, -0.2) is 4.39 Å². The summed E-state index contributed by atoms with van der Waals surface area (Å²) in [5.74, 6) is -2.41. The summed E-state index contributed by atoms with van der Waals surface area (Å²) < 4.78 is 61.2. The molecule has 0 radical (unpaired) electrons. The Hall–Kier alpha value is -2.63. The van der Waals surface area contributed by atoms with Crippen molar-refractivity contribution in [2.24, 2.45) is 0 Å². The number of halogens is 3. The van der Waals surface area contributed by atoms with Crippen LogP contribution in [-0.2, 0) is 11.2 Å². The van der Waals surface area contributed by atoms with Crippen LogP contribution in [-0.4, -0.2) is 13.2 Å². The monoisotopic (exact) mass is 432 g/mol. The topological polar surface area (TPSA) is 27.7 Å². The molecule has 0 aromatic heterocycles. The number of unbranched alkanes of at least 4 members (excludes halogenated alkanes) is 2. The zero-order chi connectivity index (χ0) is 22.0. The highest BCUT2D eigenvalue weighted by Gasteiger charge is 2.31. The number of rotatable bonds is 7. The van der Waals surface area contributed by atoms with E-state index in [1.165, 1.54) is 6.07 Å². The molecule has 2 heterocycles. The SMILES string of the molecule is CCCCCC1=CCC(c2cc3c(c(F)c2F)Oc2c(ccc(OCC)c2F)C3)CO1. The van der Waals surface area contributed by atoms with E-state index in [1.807, 2.05) is 6.08 Å². The Balaban J connectivity index is 1.58. The number of ether oxygens (including phenoxy) is 3. The van der Waals surface area contributed by atoms with Crippen molar-refractivity contribution < 1.29 is 27.4 Å². The van der Waals surface area contributed by atoms with Crippen LogP contribution in [0.25, 0.3) is 0 Å². The van der Waals surface area contributed by atoms with Crippen molar-refractivity contribution in [1.29, 1.82) is 0 Å².